The minimum Gasteiger partial charge on any atom is -0.347 e. The Bertz CT molecular complexity index is 1030. The molecule has 1 atom stereocenters. The van der Waals surface area contributed by atoms with Gasteiger partial charge >= 0.3 is 0 Å². The topological polar surface area (TPSA) is 79.6 Å². The minimum atomic E-state index is -0.304. The summed E-state index contributed by atoms with van der Waals surface area (Å²) in [6, 6.07) is 7.96. The van der Waals surface area contributed by atoms with Gasteiger partial charge in [-0.25, -0.2) is 14.4 Å². The van der Waals surface area contributed by atoms with Gasteiger partial charge in [0, 0.05) is 25.2 Å². The van der Waals surface area contributed by atoms with E-state index in [2.05, 4.69) is 15.3 Å². The first-order chi connectivity index (χ1) is 13.5. The van der Waals surface area contributed by atoms with Gasteiger partial charge in [0.25, 0.3) is 0 Å². The van der Waals surface area contributed by atoms with Crippen molar-refractivity contribution < 1.29 is 14.0 Å². The molecule has 28 heavy (non-hydrogen) atoms. The fraction of sp³-hybridized carbons (Fsp3) is 0.300. The highest BCUT2D eigenvalue weighted by Crippen LogP contribution is 2.34. The summed E-state index contributed by atoms with van der Waals surface area (Å²) in [4.78, 5) is 34.3. The number of carbonyl (C=O) groups is 2. The van der Waals surface area contributed by atoms with Crippen LogP contribution < -0.4 is 5.32 Å². The zero-order chi connectivity index (χ0) is 19.7. The summed E-state index contributed by atoms with van der Waals surface area (Å²) in [5.74, 6) is -0.130. The minimum absolute atomic E-state index is 0.0190. The lowest BCUT2D eigenvalue weighted by atomic mass is 10.1. The van der Waals surface area contributed by atoms with Gasteiger partial charge in [-0.05, 0) is 43.2 Å². The van der Waals surface area contributed by atoms with Gasteiger partial charge in [0.1, 0.15) is 5.82 Å². The molecule has 3 aromatic rings. The van der Waals surface area contributed by atoms with Gasteiger partial charge in [0.2, 0.25) is 17.6 Å². The second kappa shape index (κ2) is 7.38. The highest BCUT2D eigenvalue weighted by molar-refractivity contribution is 5.84. The number of hydrogen-bond acceptors (Lipinski definition) is 4. The fourth-order valence-corrected chi connectivity index (χ4v) is 3.70. The number of carbonyl (C=O) groups excluding carboxylic acids is 2. The van der Waals surface area contributed by atoms with E-state index in [0.717, 1.165) is 29.8 Å². The molecule has 0 radical (unpaired) electrons. The molecule has 4 rings (SSSR count). The number of likely N-dealkylation sites (tertiary alicyclic amines) is 1. The molecule has 2 aromatic heterocycles. The summed E-state index contributed by atoms with van der Waals surface area (Å²) in [6.45, 7) is 2.00. The normalized spacial score (nSPS) is 16.5. The summed E-state index contributed by atoms with van der Waals surface area (Å²) in [6.07, 6.45) is 5.07. The third-order valence-electron chi connectivity index (χ3n) is 4.98. The average Bonchev–Trinajstić information content (AvgIpc) is 3.34. The third-order valence-corrected chi connectivity index (χ3v) is 4.98. The van der Waals surface area contributed by atoms with Crippen LogP contribution in [0.3, 0.4) is 0 Å². The summed E-state index contributed by atoms with van der Waals surface area (Å²) in [5.41, 5.74) is 2.51. The van der Waals surface area contributed by atoms with E-state index in [4.69, 9.17) is 0 Å². The molecule has 0 spiro atoms. The molecule has 0 saturated carbocycles. The molecule has 0 aliphatic carbocycles. The average molecular weight is 381 g/mol. The van der Waals surface area contributed by atoms with Crippen molar-refractivity contribution >= 4 is 17.6 Å². The Labute approximate surface area is 161 Å². The van der Waals surface area contributed by atoms with Crippen molar-refractivity contribution in [1.82, 2.24) is 24.6 Å². The Balaban J connectivity index is 1.74. The van der Waals surface area contributed by atoms with Crippen LogP contribution in [0.15, 0.2) is 42.7 Å². The van der Waals surface area contributed by atoms with Crippen LogP contribution in [0.5, 0.6) is 0 Å². The molecule has 1 aliphatic heterocycles. The maximum absolute atomic E-state index is 13.3. The maximum atomic E-state index is 13.3. The van der Waals surface area contributed by atoms with Gasteiger partial charge in [-0.2, -0.15) is 0 Å². The monoisotopic (exact) mass is 381 g/mol. The highest BCUT2D eigenvalue weighted by atomic mass is 19.1. The quantitative estimate of drug-likeness (QED) is 0.752. The number of benzene rings is 1. The number of imidazole rings is 1. The Morgan fingerprint density at radius 3 is 2.75 bits per heavy atom. The number of aromatic nitrogens is 3. The molecule has 0 bridgehead atoms. The standard InChI is InChI=1S/C20H20FN5O2/c1-13(27)23-12-19(28)25-10-2-3-16(25)17-8-9-22-20-24-11-18(26(17)20)14-4-6-15(21)7-5-14/h4-9,11,16H,2-3,10,12H2,1H3,(H,23,27). The van der Waals surface area contributed by atoms with Crippen LogP contribution in [0.2, 0.25) is 0 Å². The summed E-state index contributed by atoms with van der Waals surface area (Å²) in [7, 11) is 0. The van der Waals surface area contributed by atoms with Crippen LogP contribution in [0.25, 0.3) is 17.0 Å². The summed E-state index contributed by atoms with van der Waals surface area (Å²) < 4.78 is 15.2. The van der Waals surface area contributed by atoms with Gasteiger partial charge < -0.3 is 10.2 Å². The summed E-state index contributed by atoms with van der Waals surface area (Å²) in [5, 5.41) is 2.57. The molecule has 7 nitrogen and oxygen atoms in total. The van der Waals surface area contributed by atoms with E-state index in [-0.39, 0.29) is 30.2 Å². The van der Waals surface area contributed by atoms with Gasteiger partial charge in [-0.1, -0.05) is 0 Å². The first kappa shape index (κ1) is 18.1. The predicted molar refractivity (Wildman–Crippen MR) is 101 cm³/mol. The number of nitrogens with zero attached hydrogens (tertiary/aromatic N) is 4. The largest absolute Gasteiger partial charge is 0.347 e. The van der Waals surface area contributed by atoms with Gasteiger partial charge in [0.15, 0.2) is 0 Å². The van der Waals surface area contributed by atoms with Crippen molar-refractivity contribution in [2.24, 2.45) is 0 Å². The molecule has 1 aliphatic rings. The number of amides is 2. The number of fused-ring (bicyclic) bond motifs is 1. The van der Waals surface area contributed by atoms with Crippen molar-refractivity contribution in [2.45, 2.75) is 25.8 Å². The van der Waals surface area contributed by atoms with E-state index < -0.39 is 0 Å². The molecule has 1 fully saturated rings. The first-order valence-corrected chi connectivity index (χ1v) is 9.17. The van der Waals surface area contributed by atoms with E-state index in [1.54, 1.807) is 29.4 Å². The smallest absolute Gasteiger partial charge is 0.242 e. The van der Waals surface area contributed by atoms with Crippen LogP contribution in [0.4, 0.5) is 4.39 Å². The van der Waals surface area contributed by atoms with Gasteiger partial charge in [0.05, 0.1) is 30.2 Å². The van der Waals surface area contributed by atoms with E-state index in [1.165, 1.54) is 19.1 Å². The van der Waals surface area contributed by atoms with E-state index in [9.17, 15) is 14.0 Å². The van der Waals surface area contributed by atoms with Crippen molar-refractivity contribution in [1.29, 1.82) is 0 Å². The lowest BCUT2D eigenvalue weighted by Gasteiger charge is -2.26. The van der Waals surface area contributed by atoms with E-state index >= 15 is 0 Å². The number of hydrogen-bond donors (Lipinski definition) is 1. The molecule has 1 aromatic carbocycles. The number of rotatable bonds is 4. The molecule has 1 saturated heterocycles. The third kappa shape index (κ3) is 3.33. The van der Waals surface area contributed by atoms with Crippen molar-refractivity contribution in [3.05, 3.63) is 54.2 Å². The lowest BCUT2D eigenvalue weighted by Crippen LogP contribution is -2.39. The van der Waals surface area contributed by atoms with Crippen molar-refractivity contribution in [3.8, 4) is 11.3 Å². The molecule has 2 amide bonds. The zero-order valence-corrected chi connectivity index (χ0v) is 15.4. The second-order valence-electron chi connectivity index (χ2n) is 6.81. The SMILES string of the molecule is CC(=O)NCC(=O)N1CCCC1c1ccnc2ncc(-c3ccc(F)cc3)n12. The molecule has 8 heteroatoms. The van der Waals surface area contributed by atoms with E-state index in [0.29, 0.717) is 12.3 Å². The maximum Gasteiger partial charge on any atom is 0.242 e. The van der Waals surface area contributed by atoms with Crippen molar-refractivity contribution in [2.75, 3.05) is 13.1 Å². The number of halogens is 1. The van der Waals surface area contributed by atoms with Gasteiger partial charge in [-0.15, -0.1) is 0 Å². The van der Waals surface area contributed by atoms with Crippen LogP contribution in [-0.2, 0) is 9.59 Å². The second-order valence-corrected chi connectivity index (χ2v) is 6.81. The Morgan fingerprint density at radius 1 is 1.21 bits per heavy atom. The molecule has 1 unspecified atom stereocenters. The van der Waals surface area contributed by atoms with Crippen LogP contribution in [0.1, 0.15) is 31.5 Å². The Hall–Kier alpha value is -3.29. The molecule has 1 N–H and O–H groups in total. The van der Waals surface area contributed by atoms with Crippen LogP contribution >= 0.6 is 0 Å². The van der Waals surface area contributed by atoms with Crippen molar-refractivity contribution in [3.63, 3.8) is 0 Å². The highest BCUT2D eigenvalue weighted by Gasteiger charge is 2.32. The lowest BCUT2D eigenvalue weighted by molar-refractivity contribution is -0.133. The number of nitrogens with one attached hydrogen (secondary N) is 1. The molecule has 144 valence electrons. The molecular weight excluding hydrogens is 361 g/mol. The fourth-order valence-electron chi connectivity index (χ4n) is 3.70. The van der Waals surface area contributed by atoms with Crippen LogP contribution in [0, 0.1) is 5.82 Å². The Kier molecular flexibility index (Phi) is 4.77. The summed E-state index contributed by atoms with van der Waals surface area (Å²) >= 11 is 0. The zero-order valence-electron chi connectivity index (χ0n) is 15.4. The Morgan fingerprint density at radius 2 is 2.00 bits per heavy atom. The van der Waals surface area contributed by atoms with Gasteiger partial charge in [-0.3, -0.25) is 14.0 Å². The first-order valence-electron chi connectivity index (χ1n) is 9.17. The molecular formula is C20H20FN5O2. The van der Waals surface area contributed by atoms with Crippen LogP contribution in [-0.4, -0.2) is 44.2 Å². The molecule has 3 heterocycles. The predicted octanol–water partition coefficient (Wildman–Crippen LogP) is 2.33. The van der Waals surface area contributed by atoms with E-state index in [1.807, 2.05) is 10.5 Å².